The Morgan fingerprint density at radius 2 is 1.89 bits per heavy atom. The highest BCUT2D eigenvalue weighted by Gasteiger charge is 2.22. The third-order valence-electron chi connectivity index (χ3n) is 6.32. The molecule has 6 rings (SSSR count). The fourth-order valence-electron chi connectivity index (χ4n) is 4.45. The van der Waals surface area contributed by atoms with Gasteiger partial charge in [-0.1, -0.05) is 34.7 Å². The Balaban J connectivity index is 1.53. The Bertz CT molecular complexity index is 1600. The van der Waals surface area contributed by atoms with Crippen LogP contribution in [0.25, 0.3) is 33.2 Å². The third-order valence-corrected chi connectivity index (χ3v) is 7.14. The van der Waals surface area contributed by atoms with Crippen LogP contribution in [0.1, 0.15) is 11.1 Å². The monoisotopic (exact) mass is 582 g/mol. The molecular formula is C24H23IN8O2. The number of hydrogen-bond donors (Lipinski definition) is 4. The van der Waals surface area contributed by atoms with Gasteiger partial charge >= 0.3 is 0 Å². The van der Waals surface area contributed by atoms with Gasteiger partial charge in [0.05, 0.1) is 29.6 Å². The summed E-state index contributed by atoms with van der Waals surface area (Å²) in [7, 11) is 0. The van der Waals surface area contributed by atoms with Gasteiger partial charge in [0.15, 0.2) is 11.6 Å². The largest absolute Gasteiger partial charge is 0.378 e. The van der Waals surface area contributed by atoms with E-state index in [2.05, 4.69) is 53.2 Å². The maximum Gasteiger partial charge on any atom is 0.271 e. The topological polar surface area (TPSA) is 128 Å². The second kappa shape index (κ2) is 8.96. The molecule has 11 heteroatoms. The molecular weight excluding hydrogens is 559 g/mol. The van der Waals surface area contributed by atoms with Crippen LogP contribution in [0.3, 0.4) is 0 Å². The summed E-state index contributed by atoms with van der Waals surface area (Å²) in [6.45, 7) is 4.81. The first-order valence-electron chi connectivity index (χ1n) is 11.3. The van der Waals surface area contributed by atoms with Crippen molar-refractivity contribution in [3.63, 3.8) is 0 Å². The standard InChI is InChI=1S/C24H23IN8O2/c1-13-20(27-22-15-4-2-3-5-18(15)29-31-22)26-21(28-23(13)33-6-8-35-9-7-33)16-11-17-19(10-14(16)12-25)30-32-24(17)34/h2-5,10-11H,6-9,12H2,1H3,(H2,30,32,34)(H2,26,27,28,29,31). The van der Waals surface area contributed by atoms with E-state index < -0.39 is 0 Å². The Morgan fingerprint density at radius 3 is 2.71 bits per heavy atom. The van der Waals surface area contributed by atoms with Crippen molar-refractivity contribution in [3.8, 4) is 11.4 Å². The zero-order valence-electron chi connectivity index (χ0n) is 19.0. The van der Waals surface area contributed by atoms with Crippen LogP contribution < -0.4 is 15.8 Å². The molecule has 4 N–H and O–H groups in total. The molecule has 35 heavy (non-hydrogen) atoms. The van der Waals surface area contributed by atoms with Crippen LogP contribution in [-0.4, -0.2) is 56.7 Å². The lowest BCUT2D eigenvalue weighted by Crippen LogP contribution is -2.37. The number of aromatic amines is 3. The highest BCUT2D eigenvalue weighted by atomic mass is 127. The number of nitrogens with one attached hydrogen (secondary N) is 4. The number of nitrogens with zero attached hydrogens (tertiary/aromatic N) is 4. The van der Waals surface area contributed by atoms with Gasteiger partial charge in [-0.15, -0.1) is 0 Å². The molecule has 178 valence electrons. The summed E-state index contributed by atoms with van der Waals surface area (Å²) in [5.41, 5.74) is 4.36. The number of aromatic nitrogens is 6. The van der Waals surface area contributed by atoms with E-state index in [1.807, 2.05) is 43.3 Å². The van der Waals surface area contributed by atoms with E-state index in [1.54, 1.807) is 0 Å². The molecule has 2 aromatic carbocycles. The van der Waals surface area contributed by atoms with Crippen molar-refractivity contribution in [2.24, 2.45) is 0 Å². The molecule has 1 aliphatic heterocycles. The highest BCUT2D eigenvalue weighted by Crippen LogP contribution is 2.34. The Morgan fingerprint density at radius 1 is 1.06 bits per heavy atom. The van der Waals surface area contributed by atoms with Crippen molar-refractivity contribution in [3.05, 3.63) is 57.9 Å². The number of morpholine rings is 1. The van der Waals surface area contributed by atoms with E-state index in [0.29, 0.717) is 36.1 Å². The second-order valence-electron chi connectivity index (χ2n) is 8.45. The lowest BCUT2D eigenvalue weighted by Gasteiger charge is -2.30. The van der Waals surface area contributed by atoms with Gasteiger partial charge in [-0.3, -0.25) is 20.1 Å². The van der Waals surface area contributed by atoms with E-state index in [9.17, 15) is 4.79 Å². The lowest BCUT2D eigenvalue weighted by molar-refractivity contribution is 0.122. The van der Waals surface area contributed by atoms with Crippen molar-refractivity contribution in [2.75, 3.05) is 36.5 Å². The summed E-state index contributed by atoms with van der Waals surface area (Å²) in [6.07, 6.45) is 0. The van der Waals surface area contributed by atoms with Crippen LogP contribution in [0.5, 0.6) is 0 Å². The van der Waals surface area contributed by atoms with Crippen LogP contribution in [0, 0.1) is 6.92 Å². The van der Waals surface area contributed by atoms with Gasteiger partial charge < -0.3 is 15.0 Å². The van der Waals surface area contributed by atoms with Crippen LogP contribution >= 0.6 is 22.6 Å². The number of para-hydroxylation sites is 1. The highest BCUT2D eigenvalue weighted by molar-refractivity contribution is 14.1. The summed E-state index contributed by atoms with van der Waals surface area (Å²) in [4.78, 5) is 24.5. The first kappa shape index (κ1) is 22.0. The van der Waals surface area contributed by atoms with Gasteiger partial charge in [-0.05, 0) is 36.8 Å². The van der Waals surface area contributed by atoms with Crippen LogP contribution in [-0.2, 0) is 9.16 Å². The van der Waals surface area contributed by atoms with Crippen LogP contribution in [0.4, 0.5) is 17.5 Å². The summed E-state index contributed by atoms with van der Waals surface area (Å²) >= 11 is 2.33. The first-order valence-corrected chi connectivity index (χ1v) is 12.9. The molecule has 4 heterocycles. The van der Waals surface area contributed by atoms with Gasteiger partial charge in [0.25, 0.3) is 5.56 Å². The van der Waals surface area contributed by atoms with Crippen LogP contribution in [0.15, 0.2) is 41.2 Å². The third kappa shape index (κ3) is 3.93. The molecule has 1 aliphatic rings. The minimum absolute atomic E-state index is 0.164. The number of alkyl halides is 1. The molecule has 0 bridgehead atoms. The van der Waals surface area contributed by atoms with E-state index in [0.717, 1.165) is 56.4 Å². The van der Waals surface area contributed by atoms with E-state index >= 15 is 0 Å². The van der Waals surface area contributed by atoms with Crippen molar-refractivity contribution in [1.29, 1.82) is 0 Å². The maximum atomic E-state index is 12.4. The summed E-state index contributed by atoms with van der Waals surface area (Å²) in [6, 6.07) is 11.8. The molecule has 0 amide bonds. The number of rotatable bonds is 5. The molecule has 3 aromatic heterocycles. The fourth-order valence-corrected chi connectivity index (χ4v) is 5.08. The summed E-state index contributed by atoms with van der Waals surface area (Å²) < 4.78 is 6.31. The zero-order chi connectivity index (χ0) is 23.9. The number of benzene rings is 2. The fraction of sp³-hybridized carbons (Fsp3) is 0.250. The van der Waals surface area contributed by atoms with Crippen LogP contribution in [0.2, 0.25) is 0 Å². The Kier molecular flexibility index (Phi) is 5.65. The van der Waals surface area contributed by atoms with Crippen molar-refractivity contribution >= 4 is 61.9 Å². The summed E-state index contributed by atoms with van der Waals surface area (Å²) in [5.74, 6) is 2.79. The predicted molar refractivity (Wildman–Crippen MR) is 145 cm³/mol. The second-order valence-corrected chi connectivity index (χ2v) is 9.22. The SMILES string of the molecule is Cc1c(Nc2n[nH]c3ccccc23)nc(-c2cc3c(=O)[nH][nH]c3cc2CI)nc1N1CCOCC1. The zero-order valence-corrected chi connectivity index (χ0v) is 21.1. The normalized spacial score (nSPS) is 14.2. The molecule has 0 aliphatic carbocycles. The lowest BCUT2D eigenvalue weighted by atomic mass is 10.0. The van der Waals surface area contributed by atoms with Gasteiger partial charge in [0, 0.05) is 34.0 Å². The summed E-state index contributed by atoms with van der Waals surface area (Å²) in [5, 5.41) is 18.2. The molecule has 0 atom stereocenters. The quantitative estimate of drug-likeness (QED) is 0.182. The number of fused-ring (bicyclic) bond motifs is 2. The van der Waals surface area contributed by atoms with Gasteiger partial charge in [-0.25, -0.2) is 9.97 Å². The molecule has 10 nitrogen and oxygen atoms in total. The van der Waals surface area contributed by atoms with Crippen molar-refractivity contribution in [1.82, 2.24) is 30.4 Å². The van der Waals surface area contributed by atoms with E-state index in [-0.39, 0.29) is 5.56 Å². The first-order chi connectivity index (χ1) is 17.1. The molecule has 0 spiro atoms. The van der Waals surface area contributed by atoms with Gasteiger partial charge in [0.1, 0.15) is 11.6 Å². The Hall–Kier alpha value is -3.45. The number of ether oxygens (including phenoxy) is 1. The van der Waals surface area contributed by atoms with Gasteiger partial charge in [-0.2, -0.15) is 5.10 Å². The maximum absolute atomic E-state index is 12.4. The Labute approximate surface area is 213 Å². The number of anilines is 3. The van der Waals surface area contributed by atoms with Crippen molar-refractivity contribution in [2.45, 2.75) is 11.4 Å². The number of hydrogen-bond acceptors (Lipinski definition) is 7. The number of halogens is 1. The van der Waals surface area contributed by atoms with Gasteiger partial charge in [0.2, 0.25) is 0 Å². The molecule has 0 unspecified atom stereocenters. The smallest absolute Gasteiger partial charge is 0.271 e. The molecule has 0 saturated carbocycles. The van der Waals surface area contributed by atoms with E-state index in [1.165, 1.54) is 0 Å². The van der Waals surface area contributed by atoms with E-state index in [4.69, 9.17) is 14.7 Å². The average molecular weight is 582 g/mol. The number of H-pyrrole nitrogens is 3. The van der Waals surface area contributed by atoms with Crippen molar-refractivity contribution < 1.29 is 4.74 Å². The molecule has 1 saturated heterocycles. The molecule has 5 aromatic rings. The minimum Gasteiger partial charge on any atom is -0.378 e. The predicted octanol–water partition coefficient (Wildman–Crippen LogP) is 4.01. The molecule has 0 radical (unpaired) electrons. The molecule has 1 fully saturated rings. The minimum atomic E-state index is -0.164. The average Bonchev–Trinajstić information content (AvgIpc) is 3.48.